The fourth-order valence-corrected chi connectivity index (χ4v) is 11.1. The van der Waals surface area contributed by atoms with Gasteiger partial charge in [0.15, 0.2) is 0 Å². The molecule has 0 spiro atoms. The molecule has 3 aliphatic carbocycles. The molecular formula is C25H42NiOP+. The summed E-state index contributed by atoms with van der Waals surface area (Å²) in [6.07, 6.45) is 23.8. The molecule has 0 unspecified atom stereocenters. The second-order valence-corrected chi connectivity index (χ2v) is 12.5. The largest absolute Gasteiger partial charge is 0.497 e. The van der Waals surface area contributed by atoms with E-state index in [0.717, 1.165) is 5.75 Å². The minimum absolute atomic E-state index is 0. The Kier molecular flexibility index (Phi) is 12.1. The summed E-state index contributed by atoms with van der Waals surface area (Å²) in [7, 11) is 1.62. The number of hydrogen-bond donors (Lipinski definition) is 0. The van der Waals surface area contributed by atoms with E-state index >= 15 is 0 Å². The quantitative estimate of drug-likeness (QED) is 0.336. The third-order valence-electron chi connectivity index (χ3n) is 7.21. The van der Waals surface area contributed by atoms with Gasteiger partial charge < -0.3 is 4.74 Å². The van der Waals surface area contributed by atoms with Crippen molar-refractivity contribution < 1.29 is 21.2 Å². The maximum Gasteiger partial charge on any atom is 0.118 e. The normalized spacial score (nSPS) is 22.1. The van der Waals surface area contributed by atoms with Crippen molar-refractivity contribution in [1.29, 1.82) is 0 Å². The van der Waals surface area contributed by atoms with Crippen molar-refractivity contribution in [3.63, 3.8) is 0 Å². The zero-order valence-electron chi connectivity index (χ0n) is 17.9. The minimum atomic E-state index is -0.0465. The summed E-state index contributed by atoms with van der Waals surface area (Å²) < 4.78 is 4.91. The summed E-state index contributed by atoms with van der Waals surface area (Å²) in [5, 5.41) is 0. The first kappa shape index (κ1) is 24.2. The van der Waals surface area contributed by atoms with Gasteiger partial charge in [0.1, 0.15) is 5.75 Å². The van der Waals surface area contributed by atoms with Crippen LogP contribution in [0.1, 0.15) is 96.3 Å². The smallest absolute Gasteiger partial charge is 0.118 e. The van der Waals surface area contributed by atoms with Crippen molar-refractivity contribution >= 4 is 7.92 Å². The van der Waals surface area contributed by atoms with Crippen molar-refractivity contribution in [3.05, 3.63) is 30.3 Å². The first-order chi connectivity index (χ1) is 13.4. The molecule has 3 fully saturated rings. The molecule has 3 aliphatic rings. The molecule has 0 aromatic heterocycles. The maximum atomic E-state index is 4.91. The molecule has 28 heavy (non-hydrogen) atoms. The van der Waals surface area contributed by atoms with Gasteiger partial charge in [0.25, 0.3) is 0 Å². The molecule has 0 radical (unpaired) electrons. The van der Waals surface area contributed by atoms with Crippen LogP contribution in [0.3, 0.4) is 0 Å². The van der Waals surface area contributed by atoms with E-state index in [2.05, 4.69) is 0 Å². The van der Waals surface area contributed by atoms with Crippen LogP contribution in [-0.4, -0.2) is 24.1 Å². The van der Waals surface area contributed by atoms with E-state index in [9.17, 15) is 0 Å². The van der Waals surface area contributed by atoms with Gasteiger partial charge in [-0.3, -0.25) is 0 Å². The van der Waals surface area contributed by atoms with E-state index in [-0.39, 0.29) is 24.4 Å². The molecule has 0 bridgehead atoms. The van der Waals surface area contributed by atoms with E-state index in [4.69, 9.17) is 4.74 Å². The topological polar surface area (TPSA) is 9.23 Å². The second kappa shape index (κ2) is 14.0. The van der Waals surface area contributed by atoms with Crippen molar-refractivity contribution in [2.45, 2.75) is 113 Å². The zero-order chi connectivity index (χ0) is 18.7. The van der Waals surface area contributed by atoms with Gasteiger partial charge in [0, 0.05) is 24.4 Å². The monoisotopic (exact) mass is 447 g/mol. The summed E-state index contributed by atoms with van der Waals surface area (Å²) >= 11 is 0. The Morgan fingerprint density at radius 1 is 0.607 bits per heavy atom. The van der Waals surface area contributed by atoms with Gasteiger partial charge >= 0.3 is 0 Å². The Balaban J connectivity index is 0.000000264. The Bertz CT molecular complexity index is 448. The average Bonchev–Trinajstić information content (AvgIpc) is 2.77. The summed E-state index contributed by atoms with van der Waals surface area (Å²) in [5.74, 6) is 0.910. The number of para-hydroxylation sites is 1. The zero-order valence-corrected chi connectivity index (χ0v) is 19.9. The molecule has 0 heterocycles. The van der Waals surface area contributed by atoms with Crippen LogP contribution in [0.2, 0.25) is 0 Å². The Labute approximate surface area is 185 Å². The van der Waals surface area contributed by atoms with Gasteiger partial charge in [-0.25, -0.2) is 0 Å². The molecule has 3 saturated carbocycles. The van der Waals surface area contributed by atoms with Crippen LogP contribution in [0, 0.1) is 0 Å². The molecule has 4 rings (SSSR count). The van der Waals surface area contributed by atoms with Gasteiger partial charge in [-0.15, -0.1) is 0 Å². The number of benzene rings is 1. The number of methoxy groups -OCH3 is 1. The van der Waals surface area contributed by atoms with Crippen LogP contribution in [-0.2, 0) is 16.5 Å². The van der Waals surface area contributed by atoms with Crippen molar-refractivity contribution in [2.75, 3.05) is 7.11 Å². The van der Waals surface area contributed by atoms with Gasteiger partial charge in [-0.2, -0.15) is 0 Å². The van der Waals surface area contributed by atoms with Crippen molar-refractivity contribution in [1.82, 2.24) is 0 Å². The average molecular weight is 448 g/mol. The molecule has 1 aromatic carbocycles. The van der Waals surface area contributed by atoms with E-state index in [1.165, 1.54) is 17.0 Å². The summed E-state index contributed by atoms with van der Waals surface area (Å²) in [4.78, 5) is 0. The SMILES string of the molecule is C1CCC([PH+](C2CCCCC2)C2CCCCC2)CC1.COc1ccccc1.[Ni]. The number of hydrogen-bond acceptors (Lipinski definition) is 1. The molecule has 3 heteroatoms. The third kappa shape index (κ3) is 7.65. The molecule has 0 N–H and O–H groups in total. The Morgan fingerprint density at radius 2 is 0.964 bits per heavy atom. The van der Waals surface area contributed by atoms with E-state index in [0.29, 0.717) is 0 Å². The van der Waals surface area contributed by atoms with Crippen LogP contribution in [0.15, 0.2) is 30.3 Å². The molecule has 1 nitrogen and oxygen atoms in total. The molecular weight excluding hydrogens is 406 g/mol. The van der Waals surface area contributed by atoms with Gasteiger partial charge in [0.2, 0.25) is 0 Å². The fraction of sp³-hybridized carbons (Fsp3) is 0.760. The summed E-state index contributed by atoms with van der Waals surface area (Å²) in [5.41, 5.74) is 3.68. The summed E-state index contributed by atoms with van der Waals surface area (Å²) in [6, 6.07) is 9.68. The predicted octanol–water partition coefficient (Wildman–Crippen LogP) is 7.89. The molecule has 0 atom stereocenters. The molecule has 0 aliphatic heterocycles. The van der Waals surface area contributed by atoms with Gasteiger partial charge in [-0.1, -0.05) is 37.5 Å². The Hall–Kier alpha value is -0.0565. The van der Waals surface area contributed by atoms with Crippen molar-refractivity contribution in [3.8, 4) is 5.75 Å². The predicted molar refractivity (Wildman–Crippen MR) is 122 cm³/mol. The standard InChI is InChI=1S/C18H33P.C7H8O.Ni/c1-4-10-16(11-5-1)19(17-12-6-2-7-13-17)18-14-8-3-9-15-18;1-8-7-5-3-2-4-6-7;/h16-18H,1-15H2;2-6H,1H3;/p+1. The summed E-state index contributed by atoms with van der Waals surface area (Å²) in [6.45, 7) is 0. The first-order valence-corrected chi connectivity index (χ1v) is 13.6. The van der Waals surface area contributed by atoms with Gasteiger partial charge in [-0.05, 0) is 89.2 Å². The molecule has 0 saturated heterocycles. The third-order valence-corrected chi connectivity index (χ3v) is 11.8. The molecule has 1 aromatic rings. The minimum Gasteiger partial charge on any atom is -0.497 e. The van der Waals surface area contributed by atoms with Crippen LogP contribution in [0.4, 0.5) is 0 Å². The first-order valence-electron chi connectivity index (χ1n) is 11.8. The van der Waals surface area contributed by atoms with Crippen LogP contribution in [0.5, 0.6) is 5.75 Å². The van der Waals surface area contributed by atoms with Gasteiger partial charge in [0.05, 0.1) is 24.1 Å². The van der Waals surface area contributed by atoms with E-state index in [1.807, 2.05) is 30.3 Å². The van der Waals surface area contributed by atoms with Crippen molar-refractivity contribution in [2.24, 2.45) is 0 Å². The van der Waals surface area contributed by atoms with E-state index in [1.54, 1.807) is 103 Å². The molecule has 0 amide bonds. The van der Waals surface area contributed by atoms with Crippen LogP contribution in [0.25, 0.3) is 0 Å². The Morgan fingerprint density at radius 3 is 1.25 bits per heavy atom. The molecule has 162 valence electrons. The number of ether oxygens (including phenoxy) is 1. The van der Waals surface area contributed by atoms with E-state index < -0.39 is 0 Å². The second-order valence-electron chi connectivity index (χ2n) is 9.02. The number of rotatable bonds is 4. The fourth-order valence-electron chi connectivity index (χ4n) is 5.86. The maximum absolute atomic E-state index is 4.91. The van der Waals surface area contributed by atoms with Crippen LogP contribution >= 0.6 is 7.92 Å². The van der Waals surface area contributed by atoms with Crippen LogP contribution < -0.4 is 4.74 Å².